The molecule has 0 atom stereocenters. The molecule has 0 amide bonds. The minimum atomic E-state index is -2.63. The molecule has 0 spiro atoms. The van der Waals surface area contributed by atoms with E-state index in [1.807, 2.05) is 0 Å². The topological polar surface area (TPSA) is 94.5 Å². The number of hydrogen-bond acceptors (Lipinski definition) is 4. The number of rotatable bonds is 5. The zero-order valence-electron chi connectivity index (χ0n) is 14.8. The molecule has 3 N–H and O–H groups in total. The van der Waals surface area contributed by atoms with Gasteiger partial charge in [0.05, 0.1) is 11.2 Å². The van der Waals surface area contributed by atoms with Gasteiger partial charge in [0.15, 0.2) is 5.82 Å². The minimum absolute atomic E-state index is 0.126. The van der Waals surface area contributed by atoms with Crippen LogP contribution in [0.4, 0.5) is 14.6 Å². The first kappa shape index (κ1) is 16.5. The van der Waals surface area contributed by atoms with Crippen LogP contribution in [-0.4, -0.2) is 24.5 Å². The first-order valence-corrected chi connectivity index (χ1v) is 9.17. The summed E-state index contributed by atoms with van der Waals surface area (Å²) in [6, 6.07) is 1.49. The van der Waals surface area contributed by atoms with E-state index in [9.17, 15) is 13.6 Å². The molecule has 2 aliphatic rings. The van der Waals surface area contributed by atoms with Gasteiger partial charge in [0.2, 0.25) is 0 Å². The number of nitrogens with two attached hydrogens (primary N) is 1. The first-order chi connectivity index (χ1) is 13.0. The minimum Gasteiger partial charge on any atom is -0.382 e. The van der Waals surface area contributed by atoms with Crippen LogP contribution in [0.2, 0.25) is 0 Å². The molecule has 2 aliphatic carbocycles. The molecule has 142 valence electrons. The number of halogens is 2. The summed E-state index contributed by atoms with van der Waals surface area (Å²) in [7, 11) is 1.48. The van der Waals surface area contributed by atoms with Crippen LogP contribution in [0, 0.1) is 11.8 Å². The highest BCUT2D eigenvalue weighted by atomic mass is 19.3. The number of anilines is 1. The van der Waals surface area contributed by atoms with Gasteiger partial charge in [-0.3, -0.25) is 14.6 Å². The van der Waals surface area contributed by atoms with E-state index in [-0.39, 0.29) is 23.1 Å². The van der Waals surface area contributed by atoms with E-state index in [1.54, 1.807) is 10.8 Å². The number of nitrogen functional groups attached to an aromatic ring is 1. The average molecular weight is 374 g/mol. The van der Waals surface area contributed by atoms with Gasteiger partial charge in [-0.2, -0.15) is 10.2 Å². The number of H-pyrrole nitrogens is 1. The highest BCUT2D eigenvalue weighted by Gasteiger charge is 2.43. The van der Waals surface area contributed by atoms with Crippen molar-refractivity contribution in [1.82, 2.24) is 24.5 Å². The van der Waals surface area contributed by atoms with E-state index < -0.39 is 6.43 Å². The molecule has 2 fully saturated rings. The Kier molecular flexibility index (Phi) is 3.44. The van der Waals surface area contributed by atoms with Crippen LogP contribution in [-0.2, 0) is 7.05 Å². The van der Waals surface area contributed by atoms with Crippen LogP contribution >= 0.6 is 0 Å². The van der Waals surface area contributed by atoms with Crippen molar-refractivity contribution < 1.29 is 8.78 Å². The summed E-state index contributed by atoms with van der Waals surface area (Å²) in [6.07, 6.45) is 3.57. The maximum atomic E-state index is 13.2. The lowest BCUT2D eigenvalue weighted by Gasteiger charge is -2.20. The van der Waals surface area contributed by atoms with Gasteiger partial charge in [-0.1, -0.05) is 0 Å². The highest BCUT2D eigenvalue weighted by Crippen LogP contribution is 2.52. The summed E-state index contributed by atoms with van der Waals surface area (Å²) in [5.74, 6) is 1.11. The fourth-order valence-corrected chi connectivity index (χ4v) is 4.11. The van der Waals surface area contributed by atoms with Crippen molar-refractivity contribution in [3.05, 3.63) is 28.3 Å². The Morgan fingerprint density at radius 3 is 2.48 bits per heavy atom. The highest BCUT2D eigenvalue weighted by molar-refractivity contribution is 5.97. The summed E-state index contributed by atoms with van der Waals surface area (Å²) < 4.78 is 29.4. The van der Waals surface area contributed by atoms with E-state index in [0.29, 0.717) is 34.0 Å². The van der Waals surface area contributed by atoms with Gasteiger partial charge in [-0.05, 0) is 43.6 Å². The summed E-state index contributed by atoms with van der Waals surface area (Å²) in [4.78, 5) is 13.2. The molecule has 27 heavy (non-hydrogen) atoms. The number of nitrogens with one attached hydrogen (secondary N) is 1. The first-order valence-electron chi connectivity index (χ1n) is 9.17. The lowest BCUT2D eigenvalue weighted by Crippen LogP contribution is -2.27. The third-order valence-electron chi connectivity index (χ3n) is 5.73. The third-order valence-corrected chi connectivity index (χ3v) is 5.73. The number of aromatic amines is 1. The predicted octanol–water partition coefficient (Wildman–Crippen LogP) is 3.01. The molecular weight excluding hydrogens is 354 g/mol. The SMILES string of the molecule is Cn1nc(-c2cn(C(C3CC3)C3CC3)c(=O)c3c(N)n[nH]c23)cc1C(F)F. The van der Waals surface area contributed by atoms with Crippen molar-refractivity contribution >= 4 is 16.7 Å². The molecule has 0 unspecified atom stereocenters. The summed E-state index contributed by atoms with van der Waals surface area (Å²) in [5.41, 5.74) is 7.00. The number of nitrogens with zero attached hydrogens (tertiary/aromatic N) is 4. The van der Waals surface area contributed by atoms with Crippen LogP contribution < -0.4 is 11.3 Å². The monoisotopic (exact) mass is 374 g/mol. The zero-order chi connectivity index (χ0) is 18.9. The van der Waals surface area contributed by atoms with Crippen LogP contribution in [0.15, 0.2) is 17.1 Å². The largest absolute Gasteiger partial charge is 0.382 e. The Morgan fingerprint density at radius 2 is 1.93 bits per heavy atom. The van der Waals surface area contributed by atoms with Crippen molar-refractivity contribution in [2.24, 2.45) is 18.9 Å². The van der Waals surface area contributed by atoms with Gasteiger partial charge in [-0.15, -0.1) is 0 Å². The lowest BCUT2D eigenvalue weighted by atomic mass is 10.0. The standard InChI is InChI=1S/C18H20F2N6O/c1-25-12(16(19)20)6-11(24-25)10-7-26(15(8-2-3-8)9-4-5-9)18(27)13-14(10)22-23-17(13)21/h6-9,15-16H,2-5H2,1H3,(H3,21,22,23). The number of aromatic nitrogens is 5. The molecule has 3 aromatic rings. The van der Waals surface area contributed by atoms with E-state index in [0.717, 1.165) is 25.7 Å². The number of aryl methyl sites for hydroxylation is 1. The second kappa shape index (κ2) is 5.64. The average Bonchev–Trinajstić information content (AvgIpc) is 3.55. The third kappa shape index (κ3) is 2.55. The quantitative estimate of drug-likeness (QED) is 0.718. The van der Waals surface area contributed by atoms with Gasteiger partial charge >= 0.3 is 0 Å². The van der Waals surface area contributed by atoms with Crippen LogP contribution in [0.5, 0.6) is 0 Å². The van der Waals surface area contributed by atoms with Crippen LogP contribution in [0.25, 0.3) is 22.2 Å². The molecule has 2 saturated carbocycles. The van der Waals surface area contributed by atoms with Gasteiger partial charge in [-0.25, -0.2) is 8.78 Å². The van der Waals surface area contributed by atoms with Gasteiger partial charge in [0.1, 0.15) is 11.1 Å². The Morgan fingerprint density at radius 1 is 1.26 bits per heavy atom. The van der Waals surface area contributed by atoms with Crippen LogP contribution in [0.3, 0.4) is 0 Å². The molecule has 0 bridgehead atoms. The number of fused-ring (bicyclic) bond motifs is 1. The molecular formula is C18H20F2N6O. The Bertz CT molecular complexity index is 1080. The van der Waals surface area contributed by atoms with Gasteiger partial charge in [0, 0.05) is 24.8 Å². The van der Waals surface area contributed by atoms with Crippen molar-refractivity contribution in [3.8, 4) is 11.3 Å². The predicted molar refractivity (Wildman–Crippen MR) is 96.4 cm³/mol. The molecule has 0 saturated heterocycles. The van der Waals surface area contributed by atoms with Crippen molar-refractivity contribution in [3.63, 3.8) is 0 Å². The Balaban J connectivity index is 1.76. The number of alkyl halides is 2. The summed E-state index contributed by atoms with van der Waals surface area (Å²) in [5, 5.41) is 11.3. The Hall–Kier alpha value is -2.71. The molecule has 0 aromatic carbocycles. The Labute approximate surface area is 153 Å². The normalized spacial score (nSPS) is 17.5. The maximum absolute atomic E-state index is 13.2. The van der Waals surface area contributed by atoms with E-state index in [1.165, 1.54) is 17.8 Å². The van der Waals surface area contributed by atoms with Gasteiger partial charge in [0.25, 0.3) is 12.0 Å². The number of pyridine rings is 1. The molecule has 5 rings (SSSR count). The molecule has 0 aliphatic heterocycles. The van der Waals surface area contributed by atoms with E-state index in [2.05, 4.69) is 15.3 Å². The summed E-state index contributed by atoms with van der Waals surface area (Å²) >= 11 is 0. The number of hydrogen-bond donors (Lipinski definition) is 2. The van der Waals surface area contributed by atoms with E-state index in [4.69, 9.17) is 5.73 Å². The lowest BCUT2D eigenvalue weighted by molar-refractivity contribution is 0.141. The van der Waals surface area contributed by atoms with Crippen molar-refractivity contribution in [2.75, 3.05) is 5.73 Å². The van der Waals surface area contributed by atoms with Crippen molar-refractivity contribution in [2.45, 2.75) is 38.2 Å². The smallest absolute Gasteiger partial charge is 0.280 e. The molecule has 0 radical (unpaired) electrons. The van der Waals surface area contributed by atoms with Gasteiger partial charge < -0.3 is 10.3 Å². The molecule has 9 heteroatoms. The molecule has 3 aromatic heterocycles. The molecule has 7 nitrogen and oxygen atoms in total. The zero-order valence-corrected chi connectivity index (χ0v) is 14.8. The summed E-state index contributed by atoms with van der Waals surface area (Å²) in [6.45, 7) is 0. The fraction of sp³-hybridized carbons (Fsp3) is 0.500. The molecule has 3 heterocycles. The maximum Gasteiger partial charge on any atom is 0.280 e. The second-order valence-corrected chi connectivity index (χ2v) is 7.66. The second-order valence-electron chi connectivity index (χ2n) is 7.66. The van der Waals surface area contributed by atoms with E-state index >= 15 is 0 Å². The fourth-order valence-electron chi connectivity index (χ4n) is 4.11. The van der Waals surface area contributed by atoms with Crippen LogP contribution in [0.1, 0.15) is 43.8 Å². The van der Waals surface area contributed by atoms with Crippen molar-refractivity contribution in [1.29, 1.82) is 0 Å².